The zero-order chi connectivity index (χ0) is 26.0. The maximum absolute atomic E-state index is 13.9. The lowest BCUT2D eigenvalue weighted by molar-refractivity contribution is 0.0580. The lowest BCUT2D eigenvalue weighted by Crippen LogP contribution is -2.51. The summed E-state index contributed by atoms with van der Waals surface area (Å²) >= 11 is 3.49. The van der Waals surface area contributed by atoms with E-state index in [1.54, 1.807) is 29.3 Å². The third-order valence-corrected chi connectivity index (χ3v) is 6.83. The number of aromatic nitrogens is 1. The molecular formula is C25H27BrN2O8. The molecular weight excluding hydrogens is 536 g/mol. The van der Waals surface area contributed by atoms with Crippen molar-refractivity contribution in [2.24, 2.45) is 0 Å². The summed E-state index contributed by atoms with van der Waals surface area (Å²) in [6.07, 6.45) is 0. The van der Waals surface area contributed by atoms with Crippen LogP contribution in [0.2, 0.25) is 0 Å². The number of hydrogen-bond acceptors (Lipinski definition) is 9. The molecule has 4 rings (SSSR count). The van der Waals surface area contributed by atoms with Crippen molar-refractivity contribution in [3.63, 3.8) is 0 Å². The van der Waals surface area contributed by atoms with Gasteiger partial charge in [0.1, 0.15) is 16.0 Å². The highest BCUT2D eigenvalue weighted by Gasteiger charge is 2.30. The number of benzene rings is 2. The summed E-state index contributed by atoms with van der Waals surface area (Å²) in [5.74, 6) is 1.09. The summed E-state index contributed by atoms with van der Waals surface area (Å²) in [5.41, 5.74) is 0.697. The summed E-state index contributed by atoms with van der Waals surface area (Å²) in [7, 11) is 7.35. The number of nitrogens with zero attached hydrogens (tertiary/aromatic N) is 2. The summed E-state index contributed by atoms with van der Waals surface area (Å²) in [6, 6.07) is 6.82. The van der Waals surface area contributed by atoms with Crippen LogP contribution in [0.5, 0.6) is 23.0 Å². The van der Waals surface area contributed by atoms with Gasteiger partial charge in [-0.05, 0) is 45.8 Å². The molecule has 3 aromatic rings. The van der Waals surface area contributed by atoms with Crippen LogP contribution in [-0.4, -0.2) is 72.5 Å². The molecule has 0 aliphatic carbocycles. The summed E-state index contributed by atoms with van der Waals surface area (Å²) < 4.78 is 34.8. The van der Waals surface area contributed by atoms with Crippen molar-refractivity contribution in [1.29, 1.82) is 0 Å². The number of hydrogen-bond donors (Lipinski definition) is 0. The highest BCUT2D eigenvalue weighted by molar-refractivity contribution is 9.10. The molecule has 0 amide bonds. The van der Waals surface area contributed by atoms with Gasteiger partial charge in [0.25, 0.3) is 5.56 Å². The molecule has 10 nitrogen and oxygen atoms in total. The minimum Gasteiger partial charge on any atom is -0.495 e. The molecule has 0 radical (unpaired) electrons. The van der Waals surface area contributed by atoms with Gasteiger partial charge in [0, 0.05) is 10.9 Å². The van der Waals surface area contributed by atoms with Gasteiger partial charge in [-0.15, -0.1) is 0 Å². The van der Waals surface area contributed by atoms with E-state index in [1.165, 1.54) is 40.2 Å². The van der Waals surface area contributed by atoms with E-state index in [0.29, 0.717) is 75.7 Å². The van der Waals surface area contributed by atoms with Gasteiger partial charge in [0.2, 0.25) is 0 Å². The number of pyridine rings is 1. The molecule has 2 aromatic carbocycles. The van der Waals surface area contributed by atoms with E-state index >= 15 is 0 Å². The maximum Gasteiger partial charge on any atom is 0.357 e. The molecule has 0 saturated carbocycles. The van der Waals surface area contributed by atoms with E-state index in [2.05, 4.69) is 15.9 Å². The highest BCUT2D eigenvalue weighted by atomic mass is 79.9. The number of rotatable bonds is 7. The summed E-state index contributed by atoms with van der Waals surface area (Å²) in [5, 5.41) is 2.60. The zero-order valence-corrected chi connectivity index (χ0v) is 22.3. The van der Waals surface area contributed by atoms with Crippen molar-refractivity contribution < 1.29 is 33.2 Å². The fourth-order valence-corrected chi connectivity index (χ4v) is 4.88. The molecule has 1 aromatic heterocycles. The number of halogens is 1. The number of fused-ring (bicyclic) bond motifs is 1. The Bertz CT molecular complexity index is 1340. The molecule has 11 heteroatoms. The fourth-order valence-electron chi connectivity index (χ4n) is 4.33. The zero-order valence-electron chi connectivity index (χ0n) is 20.7. The quantitative estimate of drug-likeness (QED) is 0.402. The van der Waals surface area contributed by atoms with Gasteiger partial charge in [0.15, 0.2) is 17.2 Å². The van der Waals surface area contributed by atoms with Crippen LogP contribution in [0.4, 0.5) is 0 Å². The predicted octanol–water partition coefficient (Wildman–Crippen LogP) is 3.22. The van der Waals surface area contributed by atoms with Crippen LogP contribution in [0.15, 0.2) is 33.5 Å². The first-order chi connectivity index (χ1) is 17.4. The van der Waals surface area contributed by atoms with E-state index in [-0.39, 0.29) is 5.69 Å². The third kappa shape index (κ3) is 4.33. The number of carbonyl (C=O) groups is 1. The molecule has 0 N–H and O–H groups in total. The Balaban J connectivity index is 2.23. The number of ether oxygens (including phenoxy) is 6. The molecule has 0 spiro atoms. The Morgan fingerprint density at radius 3 is 1.86 bits per heavy atom. The molecule has 1 saturated heterocycles. The smallest absolute Gasteiger partial charge is 0.357 e. The minimum atomic E-state index is -0.675. The molecule has 1 aliphatic heterocycles. The predicted molar refractivity (Wildman–Crippen MR) is 138 cm³/mol. The first-order valence-corrected chi connectivity index (χ1v) is 11.9. The van der Waals surface area contributed by atoms with Crippen LogP contribution in [-0.2, 0) is 9.47 Å². The van der Waals surface area contributed by atoms with Gasteiger partial charge in [-0.2, -0.15) is 0 Å². The molecule has 0 bridgehead atoms. The largest absolute Gasteiger partial charge is 0.495 e. The first kappa shape index (κ1) is 25.6. The Morgan fingerprint density at radius 2 is 1.36 bits per heavy atom. The Hall–Kier alpha value is -3.44. The SMILES string of the molecule is COC(=O)c1c(-c2cc(OC)c(Br)c(OC)c2)c2cc(OC)c(OC)cc2c(=O)n1N1CCOCC1. The molecule has 192 valence electrons. The molecule has 0 atom stereocenters. The van der Waals surface area contributed by atoms with Crippen LogP contribution in [0.3, 0.4) is 0 Å². The fraction of sp³-hybridized carbons (Fsp3) is 0.360. The van der Waals surface area contributed by atoms with Crippen LogP contribution < -0.4 is 29.5 Å². The van der Waals surface area contributed by atoms with Crippen molar-refractivity contribution >= 4 is 32.7 Å². The number of methoxy groups -OCH3 is 5. The second-order valence-electron chi connectivity index (χ2n) is 7.85. The topological polar surface area (TPSA) is 97.7 Å². The monoisotopic (exact) mass is 562 g/mol. The molecule has 0 unspecified atom stereocenters. The van der Waals surface area contributed by atoms with Crippen molar-refractivity contribution in [2.75, 3.05) is 66.9 Å². The average Bonchev–Trinajstić information content (AvgIpc) is 2.92. The van der Waals surface area contributed by atoms with Crippen molar-refractivity contribution in [3.05, 3.63) is 44.8 Å². The van der Waals surface area contributed by atoms with Gasteiger partial charge in [-0.1, -0.05) is 0 Å². The molecule has 1 fully saturated rings. The van der Waals surface area contributed by atoms with Crippen molar-refractivity contribution in [2.45, 2.75) is 0 Å². The average molecular weight is 563 g/mol. The van der Waals surface area contributed by atoms with E-state index in [0.717, 1.165) is 0 Å². The molecule has 1 aliphatic rings. The van der Waals surface area contributed by atoms with Crippen LogP contribution in [0, 0.1) is 0 Å². The molecule has 36 heavy (non-hydrogen) atoms. The van der Waals surface area contributed by atoms with Gasteiger partial charge < -0.3 is 33.4 Å². The van der Waals surface area contributed by atoms with Gasteiger partial charge in [-0.3, -0.25) is 4.79 Å². The minimum absolute atomic E-state index is 0.0653. The Kier molecular flexibility index (Phi) is 7.60. The highest BCUT2D eigenvalue weighted by Crippen LogP contribution is 2.43. The van der Waals surface area contributed by atoms with E-state index in [4.69, 9.17) is 28.4 Å². The van der Waals surface area contributed by atoms with Crippen LogP contribution in [0.25, 0.3) is 21.9 Å². The van der Waals surface area contributed by atoms with E-state index < -0.39 is 11.5 Å². The lowest BCUT2D eigenvalue weighted by atomic mass is 9.95. The van der Waals surface area contributed by atoms with Crippen LogP contribution in [0.1, 0.15) is 10.5 Å². The van der Waals surface area contributed by atoms with Crippen molar-refractivity contribution in [1.82, 2.24) is 4.68 Å². The van der Waals surface area contributed by atoms with Crippen LogP contribution >= 0.6 is 15.9 Å². The standard InChI is InChI=1S/C25H27BrN2O8/c1-31-17-12-15-16(13-18(17)32-2)24(29)28(27-6-8-36-9-7-27)23(25(30)35-5)21(15)14-10-19(33-3)22(26)20(11-14)34-4/h10-13H,6-9H2,1-5H3. The Morgan fingerprint density at radius 1 is 0.833 bits per heavy atom. The van der Waals surface area contributed by atoms with Gasteiger partial charge in [-0.25, -0.2) is 9.47 Å². The van der Waals surface area contributed by atoms with Gasteiger partial charge >= 0.3 is 5.97 Å². The summed E-state index contributed by atoms with van der Waals surface area (Å²) in [6.45, 7) is 1.64. The molecule has 2 heterocycles. The second-order valence-corrected chi connectivity index (χ2v) is 8.64. The Labute approximate surface area is 216 Å². The number of morpholine rings is 1. The first-order valence-electron chi connectivity index (χ1n) is 11.1. The van der Waals surface area contributed by atoms with E-state index in [1.807, 2.05) is 0 Å². The normalized spacial score (nSPS) is 13.4. The van der Waals surface area contributed by atoms with Gasteiger partial charge in [0.05, 0.1) is 67.2 Å². The number of esters is 1. The maximum atomic E-state index is 13.9. The second kappa shape index (κ2) is 10.7. The number of carbonyl (C=O) groups excluding carboxylic acids is 1. The lowest BCUT2D eigenvalue weighted by Gasteiger charge is -2.33. The summed E-state index contributed by atoms with van der Waals surface area (Å²) in [4.78, 5) is 27.3. The third-order valence-electron chi connectivity index (χ3n) is 6.05. The van der Waals surface area contributed by atoms with Crippen molar-refractivity contribution in [3.8, 4) is 34.1 Å². The van der Waals surface area contributed by atoms with E-state index in [9.17, 15) is 9.59 Å².